The standard InChI is InChI=1S/C18H23N3O2.C13H15N3.2C2H6/c1-18(2,3)23-17(22)21-11-14-6-4-5-7-16(14)15(12-21)10-20-9-8-19-13-20;1-2-4-13-11(3-1)7-15-8-12(13)9-16-6-5-14-10-16;2*1-2/h4-9,13,15H,10-12H2,1-3H3;1-6,10,12,15H,7-9H2;2*1-2H3. The van der Waals surface area contributed by atoms with Crippen molar-refractivity contribution in [3.63, 3.8) is 0 Å². The van der Waals surface area contributed by atoms with Crippen molar-refractivity contribution in [2.45, 2.75) is 92.1 Å². The van der Waals surface area contributed by atoms with Crippen LogP contribution in [0.1, 0.15) is 82.6 Å². The van der Waals surface area contributed by atoms with Crippen molar-refractivity contribution in [2.75, 3.05) is 13.1 Å². The van der Waals surface area contributed by atoms with E-state index in [1.165, 1.54) is 22.3 Å². The molecule has 0 fully saturated rings. The summed E-state index contributed by atoms with van der Waals surface area (Å²) >= 11 is 0. The molecule has 0 saturated heterocycles. The number of amides is 1. The number of hydrogen-bond acceptors (Lipinski definition) is 5. The maximum absolute atomic E-state index is 12.5. The van der Waals surface area contributed by atoms with Crippen molar-refractivity contribution in [1.82, 2.24) is 29.3 Å². The molecule has 1 N–H and O–H groups in total. The minimum absolute atomic E-state index is 0.238. The highest BCUT2D eigenvalue weighted by Crippen LogP contribution is 2.30. The third-order valence-corrected chi connectivity index (χ3v) is 7.13. The van der Waals surface area contributed by atoms with Crippen molar-refractivity contribution in [2.24, 2.45) is 0 Å². The van der Waals surface area contributed by atoms with Crippen molar-refractivity contribution in [3.8, 4) is 0 Å². The molecule has 43 heavy (non-hydrogen) atoms. The zero-order valence-electron chi connectivity index (χ0n) is 27.0. The summed E-state index contributed by atoms with van der Waals surface area (Å²) in [5, 5.41) is 3.47. The summed E-state index contributed by atoms with van der Waals surface area (Å²) in [5.41, 5.74) is 4.93. The summed E-state index contributed by atoms with van der Waals surface area (Å²) in [6.07, 6.45) is 11.0. The van der Waals surface area contributed by atoms with Gasteiger partial charge in [0, 0.05) is 75.9 Å². The lowest BCUT2D eigenvalue weighted by atomic mass is 9.90. The van der Waals surface area contributed by atoms with Crippen LogP contribution in [0.15, 0.2) is 86.0 Å². The first-order valence-electron chi connectivity index (χ1n) is 15.6. The lowest BCUT2D eigenvalue weighted by Gasteiger charge is -2.35. The van der Waals surface area contributed by atoms with Gasteiger partial charge < -0.3 is 24.1 Å². The van der Waals surface area contributed by atoms with E-state index in [1.807, 2.05) is 85.8 Å². The third-order valence-electron chi connectivity index (χ3n) is 7.13. The van der Waals surface area contributed by atoms with Crippen molar-refractivity contribution in [1.29, 1.82) is 0 Å². The number of aromatic nitrogens is 4. The lowest BCUT2D eigenvalue weighted by molar-refractivity contribution is 0.0201. The number of benzene rings is 2. The number of hydrogen-bond donors (Lipinski definition) is 1. The third kappa shape index (κ3) is 9.82. The second-order valence-corrected chi connectivity index (χ2v) is 11.3. The van der Waals surface area contributed by atoms with Crippen molar-refractivity contribution >= 4 is 6.09 Å². The van der Waals surface area contributed by atoms with Crippen LogP contribution in [-0.2, 0) is 30.9 Å². The summed E-state index contributed by atoms with van der Waals surface area (Å²) in [6, 6.07) is 17.0. The number of fused-ring (bicyclic) bond motifs is 2. The Kier molecular flexibility index (Phi) is 13.0. The molecular weight excluding hydrogens is 536 g/mol. The lowest BCUT2D eigenvalue weighted by Crippen LogP contribution is -2.42. The Morgan fingerprint density at radius 1 is 0.837 bits per heavy atom. The molecule has 232 valence electrons. The van der Waals surface area contributed by atoms with Gasteiger partial charge in [-0.15, -0.1) is 0 Å². The molecule has 0 radical (unpaired) electrons. The Morgan fingerprint density at radius 3 is 1.93 bits per heavy atom. The highest BCUT2D eigenvalue weighted by Gasteiger charge is 2.31. The molecule has 8 nitrogen and oxygen atoms in total. The van der Waals surface area contributed by atoms with Gasteiger partial charge in [0.25, 0.3) is 0 Å². The van der Waals surface area contributed by atoms with Gasteiger partial charge in [-0.1, -0.05) is 76.2 Å². The molecule has 2 atom stereocenters. The summed E-state index contributed by atoms with van der Waals surface area (Å²) in [7, 11) is 0. The molecule has 2 aromatic heterocycles. The van der Waals surface area contributed by atoms with Gasteiger partial charge in [-0.2, -0.15) is 0 Å². The maximum Gasteiger partial charge on any atom is 0.410 e. The first-order chi connectivity index (χ1) is 20.9. The Bertz CT molecular complexity index is 1340. The highest BCUT2D eigenvalue weighted by molar-refractivity contribution is 5.69. The molecule has 6 rings (SSSR count). The fourth-order valence-electron chi connectivity index (χ4n) is 5.38. The Labute approximate surface area is 258 Å². The predicted molar refractivity (Wildman–Crippen MR) is 174 cm³/mol. The van der Waals surface area contributed by atoms with E-state index in [-0.39, 0.29) is 12.0 Å². The van der Waals surface area contributed by atoms with E-state index >= 15 is 0 Å². The van der Waals surface area contributed by atoms with Crippen LogP contribution in [0.2, 0.25) is 0 Å². The number of imidazole rings is 2. The van der Waals surface area contributed by atoms with E-state index in [0.29, 0.717) is 19.0 Å². The SMILES string of the molecule is CC.CC.CC(C)(C)OC(=O)N1Cc2ccccc2C(Cn2ccnc2)C1.c1ccc2c(c1)CNCC2Cn1ccnc1. The number of nitrogens with zero attached hydrogens (tertiary/aromatic N) is 5. The fraction of sp³-hybridized carbons (Fsp3) is 0.457. The molecule has 0 bridgehead atoms. The van der Waals surface area contributed by atoms with Gasteiger partial charge in [0.05, 0.1) is 12.7 Å². The van der Waals surface area contributed by atoms with Crippen LogP contribution in [0.25, 0.3) is 0 Å². The number of carbonyl (C=O) groups excluding carboxylic acids is 1. The van der Waals surface area contributed by atoms with E-state index in [9.17, 15) is 4.79 Å². The van der Waals surface area contributed by atoms with E-state index in [4.69, 9.17) is 4.74 Å². The van der Waals surface area contributed by atoms with E-state index in [0.717, 1.165) is 26.2 Å². The molecule has 2 aromatic carbocycles. The minimum Gasteiger partial charge on any atom is -0.444 e. The minimum atomic E-state index is -0.478. The Morgan fingerprint density at radius 2 is 1.37 bits per heavy atom. The van der Waals surface area contributed by atoms with Crippen LogP contribution < -0.4 is 5.32 Å². The molecule has 8 heteroatoms. The van der Waals surface area contributed by atoms with Crippen LogP contribution in [0.5, 0.6) is 0 Å². The van der Waals surface area contributed by atoms with Gasteiger partial charge in [0.15, 0.2) is 0 Å². The van der Waals surface area contributed by atoms with Gasteiger partial charge >= 0.3 is 6.09 Å². The van der Waals surface area contributed by atoms with Crippen LogP contribution in [-0.4, -0.2) is 48.8 Å². The average Bonchev–Trinajstić information content (AvgIpc) is 3.74. The zero-order valence-corrected chi connectivity index (χ0v) is 27.0. The number of carbonyl (C=O) groups is 1. The monoisotopic (exact) mass is 586 g/mol. The highest BCUT2D eigenvalue weighted by atomic mass is 16.6. The van der Waals surface area contributed by atoms with E-state index in [2.05, 4.69) is 66.9 Å². The quantitative estimate of drug-likeness (QED) is 0.273. The van der Waals surface area contributed by atoms with Gasteiger partial charge in [0.2, 0.25) is 0 Å². The summed E-state index contributed by atoms with van der Waals surface area (Å²) < 4.78 is 9.75. The second kappa shape index (κ2) is 16.7. The second-order valence-electron chi connectivity index (χ2n) is 11.3. The largest absolute Gasteiger partial charge is 0.444 e. The molecule has 2 unspecified atom stereocenters. The predicted octanol–water partition coefficient (Wildman–Crippen LogP) is 7.24. The topological polar surface area (TPSA) is 77.2 Å². The van der Waals surface area contributed by atoms with Gasteiger partial charge in [-0.25, -0.2) is 14.8 Å². The molecular formula is C35H50N6O2. The fourth-order valence-corrected chi connectivity index (χ4v) is 5.38. The number of rotatable bonds is 4. The molecule has 4 aromatic rings. The first-order valence-corrected chi connectivity index (χ1v) is 15.6. The van der Waals surface area contributed by atoms with Gasteiger partial charge in [0.1, 0.15) is 5.60 Å². The van der Waals surface area contributed by atoms with Crippen LogP contribution in [0.3, 0.4) is 0 Å². The maximum atomic E-state index is 12.5. The first kappa shape index (κ1) is 33.6. The number of nitrogens with one attached hydrogen (secondary N) is 1. The Balaban J connectivity index is 0.000000221. The molecule has 0 aliphatic carbocycles. The van der Waals surface area contributed by atoms with Crippen LogP contribution in [0.4, 0.5) is 4.79 Å². The van der Waals surface area contributed by atoms with Crippen LogP contribution in [0, 0.1) is 0 Å². The zero-order chi connectivity index (χ0) is 31.2. The molecule has 0 spiro atoms. The van der Waals surface area contributed by atoms with Crippen molar-refractivity contribution < 1.29 is 9.53 Å². The molecule has 1 amide bonds. The molecule has 4 heterocycles. The molecule has 2 aliphatic rings. The average molecular weight is 587 g/mol. The van der Waals surface area contributed by atoms with E-state index in [1.54, 1.807) is 11.1 Å². The summed E-state index contributed by atoms with van der Waals surface area (Å²) in [6.45, 7) is 18.8. The van der Waals surface area contributed by atoms with E-state index < -0.39 is 5.60 Å². The summed E-state index contributed by atoms with van der Waals surface area (Å²) in [4.78, 5) is 22.4. The van der Waals surface area contributed by atoms with Gasteiger partial charge in [-0.3, -0.25) is 0 Å². The Hall–Kier alpha value is -3.91. The molecule has 2 aliphatic heterocycles. The van der Waals surface area contributed by atoms with Crippen molar-refractivity contribution in [3.05, 3.63) is 108 Å². The molecule has 0 saturated carbocycles. The normalized spacial score (nSPS) is 17.0. The van der Waals surface area contributed by atoms with Gasteiger partial charge in [-0.05, 0) is 43.0 Å². The summed E-state index contributed by atoms with van der Waals surface area (Å²) in [5.74, 6) is 0.792. The smallest absolute Gasteiger partial charge is 0.410 e. The number of ether oxygens (including phenoxy) is 1. The van der Waals surface area contributed by atoms with Crippen LogP contribution >= 0.6 is 0 Å².